The highest BCUT2D eigenvalue weighted by Crippen LogP contribution is 2.16. The van der Waals surface area contributed by atoms with Gasteiger partial charge in [0.2, 0.25) is 0 Å². The molecule has 0 aliphatic rings. The quantitative estimate of drug-likeness (QED) is 0.808. The van der Waals surface area contributed by atoms with Crippen molar-refractivity contribution >= 4 is 11.6 Å². The Morgan fingerprint density at radius 1 is 1.18 bits per heavy atom. The van der Waals surface area contributed by atoms with Gasteiger partial charge in [-0.2, -0.15) is 9.90 Å². The zero-order valence-corrected chi connectivity index (χ0v) is 11.8. The first-order valence-electron chi connectivity index (χ1n) is 6.69. The zero-order chi connectivity index (χ0) is 15.5. The second-order valence-corrected chi connectivity index (χ2v) is 4.79. The SMILES string of the molecule is Cc1ccc(F)c(NC(=O)c2cnn(-c3ccccc3)n2)c1. The maximum absolute atomic E-state index is 13.7. The van der Waals surface area contributed by atoms with E-state index < -0.39 is 11.7 Å². The van der Waals surface area contributed by atoms with Crippen LogP contribution in [0.5, 0.6) is 0 Å². The summed E-state index contributed by atoms with van der Waals surface area (Å²) in [5, 5.41) is 10.6. The number of rotatable bonds is 3. The van der Waals surface area contributed by atoms with E-state index in [0.717, 1.165) is 11.3 Å². The third kappa shape index (κ3) is 2.85. The van der Waals surface area contributed by atoms with Gasteiger partial charge in [-0.05, 0) is 36.8 Å². The number of anilines is 1. The molecule has 0 fully saturated rings. The summed E-state index contributed by atoms with van der Waals surface area (Å²) < 4.78 is 13.7. The van der Waals surface area contributed by atoms with Crippen molar-refractivity contribution in [1.29, 1.82) is 0 Å². The van der Waals surface area contributed by atoms with E-state index in [1.807, 2.05) is 37.3 Å². The van der Waals surface area contributed by atoms with Gasteiger partial charge < -0.3 is 5.32 Å². The lowest BCUT2D eigenvalue weighted by Gasteiger charge is -2.05. The first-order valence-corrected chi connectivity index (χ1v) is 6.69. The van der Waals surface area contributed by atoms with Crippen LogP contribution in [-0.2, 0) is 0 Å². The number of benzene rings is 2. The van der Waals surface area contributed by atoms with Gasteiger partial charge in [-0.1, -0.05) is 24.3 Å². The van der Waals surface area contributed by atoms with Gasteiger partial charge in [-0.3, -0.25) is 4.79 Å². The summed E-state index contributed by atoms with van der Waals surface area (Å²) in [6.07, 6.45) is 1.34. The van der Waals surface area contributed by atoms with E-state index in [2.05, 4.69) is 15.5 Å². The normalized spacial score (nSPS) is 10.5. The van der Waals surface area contributed by atoms with Crippen molar-refractivity contribution in [1.82, 2.24) is 15.0 Å². The number of carbonyl (C=O) groups is 1. The number of nitrogens with one attached hydrogen (secondary N) is 1. The van der Waals surface area contributed by atoms with E-state index in [1.165, 1.54) is 17.1 Å². The second kappa shape index (κ2) is 5.77. The Hall–Kier alpha value is -3.02. The van der Waals surface area contributed by atoms with Crippen LogP contribution >= 0.6 is 0 Å². The van der Waals surface area contributed by atoms with Crippen molar-refractivity contribution < 1.29 is 9.18 Å². The molecular weight excluding hydrogens is 283 g/mol. The fraction of sp³-hybridized carbons (Fsp3) is 0.0625. The first kappa shape index (κ1) is 13.9. The Labute approximate surface area is 126 Å². The molecule has 1 heterocycles. The summed E-state index contributed by atoms with van der Waals surface area (Å²) in [6.45, 7) is 1.82. The topological polar surface area (TPSA) is 59.8 Å². The standard InChI is InChI=1S/C16H13FN4O/c1-11-7-8-13(17)14(9-11)19-16(22)15-10-18-21(20-15)12-5-3-2-4-6-12/h2-10H,1H3,(H,19,22). The van der Waals surface area contributed by atoms with Crippen LogP contribution in [0.4, 0.5) is 10.1 Å². The van der Waals surface area contributed by atoms with E-state index in [4.69, 9.17) is 0 Å². The van der Waals surface area contributed by atoms with Gasteiger partial charge in [0.25, 0.3) is 5.91 Å². The number of nitrogens with zero attached hydrogens (tertiary/aromatic N) is 3. The highest BCUT2D eigenvalue weighted by molar-refractivity contribution is 6.02. The molecule has 0 unspecified atom stereocenters. The zero-order valence-electron chi connectivity index (χ0n) is 11.8. The first-order chi connectivity index (χ1) is 10.6. The molecule has 0 bridgehead atoms. The molecule has 0 radical (unpaired) electrons. The molecule has 0 atom stereocenters. The summed E-state index contributed by atoms with van der Waals surface area (Å²) in [6, 6.07) is 13.7. The number of aromatic nitrogens is 3. The van der Waals surface area contributed by atoms with Gasteiger partial charge in [-0.15, -0.1) is 5.10 Å². The van der Waals surface area contributed by atoms with E-state index >= 15 is 0 Å². The number of hydrogen-bond donors (Lipinski definition) is 1. The summed E-state index contributed by atoms with van der Waals surface area (Å²) in [7, 11) is 0. The van der Waals surface area contributed by atoms with Crippen LogP contribution in [0, 0.1) is 12.7 Å². The molecule has 3 aromatic rings. The Morgan fingerprint density at radius 2 is 1.95 bits per heavy atom. The minimum atomic E-state index is -0.508. The van der Waals surface area contributed by atoms with Crippen molar-refractivity contribution in [3.05, 3.63) is 71.8 Å². The number of halogens is 1. The van der Waals surface area contributed by atoms with Crippen molar-refractivity contribution in [3.8, 4) is 5.69 Å². The molecule has 2 aromatic carbocycles. The number of para-hydroxylation sites is 1. The fourth-order valence-electron chi connectivity index (χ4n) is 1.97. The molecule has 0 aliphatic carbocycles. The maximum atomic E-state index is 13.7. The van der Waals surface area contributed by atoms with Crippen LogP contribution in [-0.4, -0.2) is 20.9 Å². The summed E-state index contributed by atoms with van der Waals surface area (Å²) in [5.74, 6) is -0.999. The third-order valence-corrected chi connectivity index (χ3v) is 3.08. The van der Waals surface area contributed by atoms with Crippen molar-refractivity contribution in [3.63, 3.8) is 0 Å². The molecule has 6 heteroatoms. The molecule has 110 valence electrons. The number of hydrogen-bond acceptors (Lipinski definition) is 3. The molecule has 1 aromatic heterocycles. The number of amides is 1. The van der Waals surface area contributed by atoms with Gasteiger partial charge in [-0.25, -0.2) is 4.39 Å². The lowest BCUT2D eigenvalue weighted by atomic mass is 10.2. The van der Waals surface area contributed by atoms with E-state index in [9.17, 15) is 9.18 Å². The van der Waals surface area contributed by atoms with E-state index in [-0.39, 0.29) is 11.4 Å². The van der Waals surface area contributed by atoms with Gasteiger partial charge in [0.15, 0.2) is 5.69 Å². The van der Waals surface area contributed by atoms with Crippen LogP contribution in [0.2, 0.25) is 0 Å². The lowest BCUT2D eigenvalue weighted by Crippen LogP contribution is -2.14. The Kier molecular flexibility index (Phi) is 3.65. The maximum Gasteiger partial charge on any atom is 0.277 e. The highest BCUT2D eigenvalue weighted by Gasteiger charge is 2.13. The van der Waals surface area contributed by atoms with Gasteiger partial charge >= 0.3 is 0 Å². The largest absolute Gasteiger partial charge is 0.318 e. The van der Waals surface area contributed by atoms with Crippen LogP contribution in [0.3, 0.4) is 0 Å². The number of aryl methyl sites for hydroxylation is 1. The Balaban J connectivity index is 1.81. The summed E-state index contributed by atoms with van der Waals surface area (Å²) >= 11 is 0. The monoisotopic (exact) mass is 296 g/mol. The molecule has 22 heavy (non-hydrogen) atoms. The molecule has 0 spiro atoms. The highest BCUT2D eigenvalue weighted by atomic mass is 19.1. The molecular formula is C16H13FN4O. The summed E-state index contributed by atoms with van der Waals surface area (Å²) in [4.78, 5) is 13.5. The summed E-state index contributed by atoms with van der Waals surface area (Å²) in [5.41, 5.74) is 1.83. The molecule has 3 rings (SSSR count). The van der Waals surface area contributed by atoms with Crippen molar-refractivity contribution in [2.45, 2.75) is 6.92 Å². The Morgan fingerprint density at radius 3 is 2.73 bits per heavy atom. The lowest BCUT2D eigenvalue weighted by molar-refractivity contribution is 0.102. The van der Waals surface area contributed by atoms with Crippen LogP contribution in [0.1, 0.15) is 16.1 Å². The predicted octanol–water partition coefficient (Wildman–Crippen LogP) is 2.97. The van der Waals surface area contributed by atoms with Gasteiger partial charge in [0, 0.05) is 0 Å². The molecule has 0 saturated carbocycles. The van der Waals surface area contributed by atoms with Gasteiger partial charge in [0.05, 0.1) is 17.6 Å². The van der Waals surface area contributed by atoms with E-state index in [1.54, 1.807) is 12.1 Å². The van der Waals surface area contributed by atoms with Crippen LogP contribution < -0.4 is 5.32 Å². The Bertz CT molecular complexity index is 814. The molecule has 5 nitrogen and oxygen atoms in total. The minimum Gasteiger partial charge on any atom is -0.318 e. The molecule has 0 saturated heterocycles. The smallest absolute Gasteiger partial charge is 0.277 e. The predicted molar refractivity (Wildman–Crippen MR) is 80.4 cm³/mol. The van der Waals surface area contributed by atoms with Gasteiger partial charge in [0.1, 0.15) is 5.82 Å². The molecule has 1 amide bonds. The van der Waals surface area contributed by atoms with Crippen LogP contribution in [0.15, 0.2) is 54.7 Å². The van der Waals surface area contributed by atoms with Crippen LogP contribution in [0.25, 0.3) is 5.69 Å². The average Bonchev–Trinajstić information content (AvgIpc) is 3.02. The fourth-order valence-corrected chi connectivity index (χ4v) is 1.97. The van der Waals surface area contributed by atoms with E-state index in [0.29, 0.717) is 0 Å². The second-order valence-electron chi connectivity index (χ2n) is 4.79. The average molecular weight is 296 g/mol. The minimum absolute atomic E-state index is 0.116. The molecule has 0 aliphatic heterocycles. The van der Waals surface area contributed by atoms with Crippen molar-refractivity contribution in [2.75, 3.05) is 5.32 Å². The number of carbonyl (C=O) groups excluding carboxylic acids is 1. The third-order valence-electron chi connectivity index (χ3n) is 3.08. The van der Waals surface area contributed by atoms with Crippen molar-refractivity contribution in [2.24, 2.45) is 0 Å². The molecule has 1 N–H and O–H groups in total.